The molecule has 1 amide bonds. The van der Waals surface area contributed by atoms with E-state index in [-0.39, 0.29) is 4.90 Å². The van der Waals surface area contributed by atoms with Crippen LogP contribution in [0.1, 0.15) is 16.7 Å². The lowest BCUT2D eigenvalue weighted by atomic mass is 10.0. The quantitative estimate of drug-likeness (QED) is 0.583. The Kier molecular flexibility index (Phi) is 6.08. The standard InChI is InChI=1S/C24H21N3O5S/c1-16-11-13-18(14-12-16)33(31,32)26-23-24(30)27(15-21(28)29)20-10-6-5-9-19(20)22(25-23)17-7-3-2-4-8-17/h2-14,23,26H,15H2,1H3,(H,28,29). The molecule has 1 unspecified atom stereocenters. The van der Waals surface area contributed by atoms with E-state index in [9.17, 15) is 23.1 Å². The van der Waals surface area contributed by atoms with Gasteiger partial charge in [-0.1, -0.05) is 66.2 Å². The number of sulfonamides is 1. The van der Waals surface area contributed by atoms with Crippen molar-refractivity contribution in [3.8, 4) is 0 Å². The van der Waals surface area contributed by atoms with Gasteiger partial charge >= 0.3 is 5.97 Å². The van der Waals surface area contributed by atoms with Crippen molar-refractivity contribution < 1.29 is 23.1 Å². The Hall–Kier alpha value is -3.82. The summed E-state index contributed by atoms with van der Waals surface area (Å²) >= 11 is 0. The number of benzodiazepines with no additional fused rings is 1. The Morgan fingerprint density at radius 2 is 1.64 bits per heavy atom. The van der Waals surface area contributed by atoms with E-state index in [0.29, 0.717) is 22.5 Å². The van der Waals surface area contributed by atoms with Gasteiger partial charge in [-0.2, -0.15) is 4.72 Å². The average Bonchev–Trinajstić information content (AvgIpc) is 2.90. The van der Waals surface area contributed by atoms with Gasteiger partial charge in [0.2, 0.25) is 10.0 Å². The number of hydrogen-bond acceptors (Lipinski definition) is 5. The molecule has 168 valence electrons. The van der Waals surface area contributed by atoms with Crippen molar-refractivity contribution in [2.45, 2.75) is 18.0 Å². The largest absolute Gasteiger partial charge is 0.480 e. The van der Waals surface area contributed by atoms with Crippen LogP contribution in [0.4, 0.5) is 5.69 Å². The molecule has 1 atom stereocenters. The van der Waals surface area contributed by atoms with Gasteiger partial charge in [0.15, 0.2) is 6.17 Å². The van der Waals surface area contributed by atoms with Gasteiger partial charge in [0.1, 0.15) is 6.54 Å². The second-order valence-corrected chi connectivity index (χ2v) is 9.23. The highest BCUT2D eigenvalue weighted by atomic mass is 32.2. The summed E-state index contributed by atoms with van der Waals surface area (Å²) in [7, 11) is -4.12. The monoisotopic (exact) mass is 463 g/mol. The second-order valence-electron chi connectivity index (χ2n) is 7.52. The summed E-state index contributed by atoms with van der Waals surface area (Å²) in [6.07, 6.45) is -1.56. The van der Waals surface area contributed by atoms with Crippen molar-refractivity contribution in [1.29, 1.82) is 0 Å². The van der Waals surface area contributed by atoms with Gasteiger partial charge in [0.25, 0.3) is 5.91 Å². The minimum absolute atomic E-state index is 0.0242. The van der Waals surface area contributed by atoms with E-state index in [1.165, 1.54) is 12.1 Å². The molecule has 0 fully saturated rings. The highest BCUT2D eigenvalue weighted by Crippen LogP contribution is 2.28. The van der Waals surface area contributed by atoms with Gasteiger partial charge in [-0.15, -0.1) is 0 Å². The lowest BCUT2D eigenvalue weighted by Gasteiger charge is -2.23. The van der Waals surface area contributed by atoms with Crippen molar-refractivity contribution in [1.82, 2.24) is 4.72 Å². The summed E-state index contributed by atoms with van der Waals surface area (Å²) in [5.74, 6) is -2.02. The minimum atomic E-state index is -4.12. The Morgan fingerprint density at radius 3 is 2.30 bits per heavy atom. The fourth-order valence-electron chi connectivity index (χ4n) is 3.56. The van der Waals surface area contributed by atoms with Gasteiger partial charge in [-0.05, 0) is 25.1 Å². The van der Waals surface area contributed by atoms with Crippen LogP contribution in [0.25, 0.3) is 0 Å². The molecule has 1 heterocycles. The number of carbonyl (C=O) groups is 2. The number of para-hydroxylation sites is 1. The molecule has 3 aromatic rings. The molecule has 0 saturated heterocycles. The van der Waals surface area contributed by atoms with Crippen molar-refractivity contribution >= 4 is 33.3 Å². The molecule has 33 heavy (non-hydrogen) atoms. The second kappa shape index (κ2) is 8.97. The zero-order valence-electron chi connectivity index (χ0n) is 17.7. The summed E-state index contributed by atoms with van der Waals surface area (Å²) in [5.41, 5.74) is 2.78. The maximum absolute atomic E-state index is 13.4. The van der Waals surface area contributed by atoms with Gasteiger partial charge in [0, 0.05) is 11.1 Å². The molecule has 2 N–H and O–H groups in total. The Morgan fingerprint density at radius 1 is 1.00 bits per heavy atom. The van der Waals surface area contributed by atoms with Crippen LogP contribution in [0, 0.1) is 6.92 Å². The number of hydrogen-bond donors (Lipinski definition) is 2. The SMILES string of the molecule is Cc1ccc(S(=O)(=O)NC2N=C(c3ccccc3)c3ccccc3N(CC(=O)O)C2=O)cc1. The summed E-state index contributed by atoms with van der Waals surface area (Å²) in [6.45, 7) is 1.19. The number of aliphatic carboxylic acids is 1. The Labute approximate surface area is 191 Å². The number of anilines is 1. The zero-order valence-corrected chi connectivity index (χ0v) is 18.5. The van der Waals surface area contributed by atoms with E-state index in [1.54, 1.807) is 60.7 Å². The molecule has 3 aromatic carbocycles. The zero-order chi connectivity index (χ0) is 23.6. The maximum atomic E-state index is 13.4. The first-order valence-electron chi connectivity index (χ1n) is 10.1. The average molecular weight is 464 g/mol. The smallest absolute Gasteiger partial charge is 0.323 e. The van der Waals surface area contributed by atoms with E-state index in [0.717, 1.165) is 10.5 Å². The van der Waals surface area contributed by atoms with Crippen LogP contribution >= 0.6 is 0 Å². The van der Waals surface area contributed by atoms with Gasteiger partial charge in [-0.3, -0.25) is 19.5 Å². The van der Waals surface area contributed by atoms with E-state index in [2.05, 4.69) is 9.71 Å². The van der Waals surface area contributed by atoms with Gasteiger partial charge in [-0.25, -0.2) is 8.42 Å². The molecule has 0 saturated carbocycles. The molecule has 9 heteroatoms. The van der Waals surface area contributed by atoms with Crippen LogP contribution in [0.2, 0.25) is 0 Å². The topological polar surface area (TPSA) is 116 Å². The number of carboxylic acids is 1. The molecular weight excluding hydrogens is 442 g/mol. The van der Waals surface area contributed by atoms with Crippen molar-refractivity contribution in [3.63, 3.8) is 0 Å². The first kappa shape index (κ1) is 22.4. The van der Waals surface area contributed by atoms with E-state index in [1.807, 2.05) is 13.0 Å². The lowest BCUT2D eigenvalue weighted by Crippen LogP contribution is -2.48. The molecule has 0 radical (unpaired) electrons. The summed E-state index contributed by atoms with van der Waals surface area (Å²) in [6, 6.07) is 21.9. The molecule has 4 rings (SSSR count). The summed E-state index contributed by atoms with van der Waals surface area (Å²) in [4.78, 5) is 30.5. The number of carbonyl (C=O) groups excluding carboxylic acids is 1. The number of carboxylic acid groups (broad SMARTS) is 1. The Balaban J connectivity index is 1.86. The number of aliphatic imine (C=N–C) groups is 1. The van der Waals surface area contributed by atoms with E-state index < -0.39 is 34.6 Å². The third-order valence-corrected chi connectivity index (χ3v) is 6.57. The number of nitrogens with zero attached hydrogens (tertiary/aromatic N) is 2. The number of rotatable bonds is 6. The first-order chi connectivity index (χ1) is 15.8. The van der Waals surface area contributed by atoms with Crippen LogP contribution < -0.4 is 9.62 Å². The number of nitrogens with one attached hydrogen (secondary N) is 1. The highest BCUT2D eigenvalue weighted by molar-refractivity contribution is 7.89. The van der Waals surface area contributed by atoms with Crippen LogP contribution in [0.3, 0.4) is 0 Å². The van der Waals surface area contributed by atoms with E-state index >= 15 is 0 Å². The third-order valence-electron chi connectivity index (χ3n) is 5.15. The van der Waals surface area contributed by atoms with Crippen molar-refractivity contribution in [2.75, 3.05) is 11.4 Å². The predicted octanol–water partition coefficient (Wildman–Crippen LogP) is 2.57. The molecular formula is C24H21N3O5S. The van der Waals surface area contributed by atoms with Crippen LogP contribution in [0.15, 0.2) is 88.8 Å². The number of amides is 1. The van der Waals surface area contributed by atoms with Crippen LogP contribution in [-0.2, 0) is 19.6 Å². The van der Waals surface area contributed by atoms with Crippen molar-refractivity contribution in [3.05, 3.63) is 95.6 Å². The highest BCUT2D eigenvalue weighted by Gasteiger charge is 2.35. The normalized spacial score (nSPS) is 16.0. The maximum Gasteiger partial charge on any atom is 0.323 e. The fourth-order valence-corrected chi connectivity index (χ4v) is 4.64. The molecule has 1 aliphatic heterocycles. The molecule has 0 aromatic heterocycles. The number of benzene rings is 3. The fraction of sp³-hybridized carbons (Fsp3) is 0.125. The molecule has 0 aliphatic carbocycles. The van der Waals surface area contributed by atoms with E-state index in [4.69, 9.17) is 0 Å². The third kappa shape index (κ3) is 4.69. The molecule has 0 spiro atoms. The van der Waals surface area contributed by atoms with Crippen LogP contribution in [0.5, 0.6) is 0 Å². The predicted molar refractivity (Wildman–Crippen MR) is 124 cm³/mol. The minimum Gasteiger partial charge on any atom is -0.480 e. The molecule has 8 nitrogen and oxygen atoms in total. The Bertz CT molecular complexity index is 1340. The first-order valence-corrected chi connectivity index (χ1v) is 11.6. The van der Waals surface area contributed by atoms with Crippen molar-refractivity contribution in [2.24, 2.45) is 4.99 Å². The molecule has 0 bridgehead atoms. The summed E-state index contributed by atoms with van der Waals surface area (Å²) in [5, 5.41) is 9.44. The van der Waals surface area contributed by atoms with Crippen LogP contribution in [-0.4, -0.2) is 43.8 Å². The lowest BCUT2D eigenvalue weighted by molar-refractivity contribution is -0.136. The van der Waals surface area contributed by atoms with Gasteiger partial charge < -0.3 is 5.11 Å². The number of fused-ring (bicyclic) bond motifs is 1. The summed E-state index contributed by atoms with van der Waals surface area (Å²) < 4.78 is 28.5. The van der Waals surface area contributed by atoms with Gasteiger partial charge in [0.05, 0.1) is 16.3 Å². The number of aryl methyl sites for hydroxylation is 1. The molecule has 1 aliphatic rings.